The summed E-state index contributed by atoms with van der Waals surface area (Å²) in [5, 5.41) is 3.37. The van der Waals surface area contributed by atoms with Gasteiger partial charge in [0.2, 0.25) is 0 Å². The molecule has 0 aliphatic carbocycles. The zero-order chi connectivity index (χ0) is 13.7. The van der Waals surface area contributed by atoms with Gasteiger partial charge in [0, 0.05) is 6.54 Å². The van der Waals surface area contributed by atoms with Crippen molar-refractivity contribution in [1.29, 1.82) is 0 Å². The fourth-order valence-corrected chi connectivity index (χ4v) is 2.13. The minimum absolute atomic E-state index is 0.147. The van der Waals surface area contributed by atoms with Crippen LogP contribution in [0.25, 0.3) is 11.1 Å². The molecule has 0 aliphatic heterocycles. The van der Waals surface area contributed by atoms with Gasteiger partial charge in [-0.05, 0) is 48.2 Å². The van der Waals surface area contributed by atoms with E-state index in [1.165, 1.54) is 11.6 Å². The van der Waals surface area contributed by atoms with Gasteiger partial charge in [-0.3, -0.25) is 0 Å². The third-order valence-corrected chi connectivity index (χ3v) is 3.29. The summed E-state index contributed by atoms with van der Waals surface area (Å²) in [4.78, 5) is 0. The highest BCUT2D eigenvalue weighted by Gasteiger charge is 2.05. The van der Waals surface area contributed by atoms with Gasteiger partial charge in [0.15, 0.2) is 0 Å². The van der Waals surface area contributed by atoms with Crippen molar-refractivity contribution in [3.05, 3.63) is 59.4 Å². The van der Waals surface area contributed by atoms with Gasteiger partial charge in [-0.15, -0.1) is 0 Å². The van der Waals surface area contributed by atoms with Crippen LogP contribution in [0.4, 0.5) is 4.39 Å². The van der Waals surface area contributed by atoms with Gasteiger partial charge in [-0.25, -0.2) is 4.39 Å². The average Bonchev–Trinajstić information content (AvgIpc) is 2.43. The third kappa shape index (κ3) is 3.42. The van der Waals surface area contributed by atoms with Crippen molar-refractivity contribution in [2.45, 2.75) is 26.8 Å². The zero-order valence-electron chi connectivity index (χ0n) is 11.5. The lowest BCUT2D eigenvalue weighted by molar-refractivity contribution is 0.619. The highest BCUT2D eigenvalue weighted by Crippen LogP contribution is 2.25. The molecule has 100 valence electrons. The van der Waals surface area contributed by atoms with Crippen LogP contribution in [0.2, 0.25) is 0 Å². The topological polar surface area (TPSA) is 12.0 Å². The fraction of sp³-hybridized carbons (Fsp3) is 0.294. The normalized spacial score (nSPS) is 10.7. The predicted octanol–water partition coefficient (Wildman–Crippen LogP) is 4.30. The Bertz CT molecular complexity index is 531. The molecule has 0 saturated carbocycles. The summed E-state index contributed by atoms with van der Waals surface area (Å²) < 4.78 is 13.5. The molecule has 0 aliphatic rings. The molecule has 0 atom stereocenters. The summed E-state index contributed by atoms with van der Waals surface area (Å²) in [6.07, 6.45) is 1.14. The maximum absolute atomic E-state index is 13.5. The molecule has 2 rings (SSSR count). The molecule has 1 N–H and O–H groups in total. The summed E-state index contributed by atoms with van der Waals surface area (Å²) in [6, 6.07) is 13.5. The molecule has 19 heavy (non-hydrogen) atoms. The van der Waals surface area contributed by atoms with Crippen molar-refractivity contribution in [2.24, 2.45) is 0 Å². The Hall–Kier alpha value is -1.67. The van der Waals surface area contributed by atoms with Crippen LogP contribution in [0.5, 0.6) is 0 Å². The lowest BCUT2D eigenvalue weighted by Crippen LogP contribution is -2.13. The monoisotopic (exact) mass is 257 g/mol. The number of rotatable bonds is 5. The highest BCUT2D eigenvalue weighted by atomic mass is 19.1. The number of hydrogen-bond acceptors (Lipinski definition) is 1. The maximum Gasteiger partial charge on any atom is 0.126 e. The first-order valence-corrected chi connectivity index (χ1v) is 6.77. The van der Waals surface area contributed by atoms with Crippen LogP contribution >= 0.6 is 0 Å². The lowest BCUT2D eigenvalue weighted by atomic mass is 9.99. The quantitative estimate of drug-likeness (QED) is 0.787. The van der Waals surface area contributed by atoms with Crippen LogP contribution in [0.15, 0.2) is 42.5 Å². The molecule has 0 aromatic heterocycles. The second-order valence-corrected chi connectivity index (χ2v) is 4.79. The van der Waals surface area contributed by atoms with E-state index in [1.807, 2.05) is 13.0 Å². The molecule has 0 amide bonds. The maximum atomic E-state index is 13.5. The number of hydrogen-bond donors (Lipinski definition) is 1. The van der Waals surface area contributed by atoms with E-state index in [9.17, 15) is 4.39 Å². The smallest absolute Gasteiger partial charge is 0.126 e. The summed E-state index contributed by atoms with van der Waals surface area (Å²) in [7, 11) is 0. The summed E-state index contributed by atoms with van der Waals surface area (Å²) in [6.45, 7) is 5.89. The Balaban J connectivity index is 2.16. The van der Waals surface area contributed by atoms with E-state index in [0.29, 0.717) is 5.56 Å². The predicted molar refractivity (Wildman–Crippen MR) is 78.6 cm³/mol. The Morgan fingerprint density at radius 1 is 1.05 bits per heavy atom. The first-order chi connectivity index (χ1) is 9.22. The Morgan fingerprint density at radius 3 is 2.47 bits per heavy atom. The summed E-state index contributed by atoms with van der Waals surface area (Å²) >= 11 is 0. The van der Waals surface area contributed by atoms with Crippen LogP contribution in [0.3, 0.4) is 0 Å². The van der Waals surface area contributed by atoms with Crippen LogP contribution < -0.4 is 5.32 Å². The van der Waals surface area contributed by atoms with Crippen LogP contribution in [0, 0.1) is 12.7 Å². The third-order valence-electron chi connectivity index (χ3n) is 3.29. The molecular formula is C17H20FN. The number of benzene rings is 2. The molecular weight excluding hydrogens is 237 g/mol. The SMILES string of the molecule is CCCNCc1ccc(-c2cccc(F)c2C)cc1. The molecule has 1 nitrogen and oxygen atoms in total. The Labute approximate surface area is 114 Å². The van der Waals surface area contributed by atoms with E-state index in [0.717, 1.165) is 30.6 Å². The van der Waals surface area contributed by atoms with Crippen molar-refractivity contribution in [2.75, 3.05) is 6.54 Å². The Kier molecular flexibility index (Phi) is 4.69. The number of halogens is 1. The second kappa shape index (κ2) is 6.48. The minimum Gasteiger partial charge on any atom is -0.313 e. The van der Waals surface area contributed by atoms with Gasteiger partial charge in [-0.2, -0.15) is 0 Å². The molecule has 2 aromatic rings. The first-order valence-electron chi connectivity index (χ1n) is 6.77. The van der Waals surface area contributed by atoms with Crippen LogP contribution in [-0.2, 0) is 6.54 Å². The molecule has 0 unspecified atom stereocenters. The Morgan fingerprint density at radius 2 is 1.79 bits per heavy atom. The summed E-state index contributed by atoms with van der Waals surface area (Å²) in [5.74, 6) is -0.147. The standard InChI is InChI=1S/C17H20FN/c1-3-11-19-12-14-7-9-15(10-8-14)16-5-4-6-17(18)13(16)2/h4-10,19H,3,11-12H2,1-2H3. The second-order valence-electron chi connectivity index (χ2n) is 4.79. The van der Waals surface area contributed by atoms with Gasteiger partial charge in [0.1, 0.15) is 5.82 Å². The molecule has 0 heterocycles. The van der Waals surface area contributed by atoms with E-state index in [2.05, 4.69) is 36.5 Å². The largest absolute Gasteiger partial charge is 0.313 e. The molecule has 2 aromatic carbocycles. The first kappa shape index (κ1) is 13.8. The van der Waals surface area contributed by atoms with Gasteiger partial charge in [0.05, 0.1) is 0 Å². The molecule has 0 bridgehead atoms. The highest BCUT2D eigenvalue weighted by molar-refractivity contribution is 5.67. The van der Waals surface area contributed by atoms with Crippen molar-refractivity contribution in [3.8, 4) is 11.1 Å². The van der Waals surface area contributed by atoms with Crippen LogP contribution in [0.1, 0.15) is 24.5 Å². The lowest BCUT2D eigenvalue weighted by Gasteiger charge is -2.08. The zero-order valence-corrected chi connectivity index (χ0v) is 11.5. The van der Waals surface area contributed by atoms with E-state index in [-0.39, 0.29) is 5.82 Å². The van der Waals surface area contributed by atoms with Crippen molar-refractivity contribution < 1.29 is 4.39 Å². The van der Waals surface area contributed by atoms with Gasteiger partial charge in [-0.1, -0.05) is 43.3 Å². The average molecular weight is 257 g/mol. The van der Waals surface area contributed by atoms with Crippen molar-refractivity contribution >= 4 is 0 Å². The molecule has 0 spiro atoms. The molecule has 0 radical (unpaired) electrons. The number of nitrogens with one attached hydrogen (secondary N) is 1. The molecule has 0 saturated heterocycles. The minimum atomic E-state index is -0.147. The van der Waals surface area contributed by atoms with Crippen molar-refractivity contribution in [1.82, 2.24) is 5.32 Å². The van der Waals surface area contributed by atoms with Crippen LogP contribution in [-0.4, -0.2) is 6.54 Å². The van der Waals surface area contributed by atoms with Gasteiger partial charge >= 0.3 is 0 Å². The van der Waals surface area contributed by atoms with E-state index < -0.39 is 0 Å². The molecule has 0 fully saturated rings. The summed E-state index contributed by atoms with van der Waals surface area (Å²) in [5.41, 5.74) is 4.00. The molecule has 2 heteroatoms. The van der Waals surface area contributed by atoms with E-state index in [4.69, 9.17) is 0 Å². The fourth-order valence-electron chi connectivity index (χ4n) is 2.13. The van der Waals surface area contributed by atoms with Crippen molar-refractivity contribution in [3.63, 3.8) is 0 Å². The van der Waals surface area contributed by atoms with E-state index in [1.54, 1.807) is 6.07 Å². The van der Waals surface area contributed by atoms with Gasteiger partial charge in [0.25, 0.3) is 0 Å². The van der Waals surface area contributed by atoms with E-state index >= 15 is 0 Å². The van der Waals surface area contributed by atoms with Gasteiger partial charge < -0.3 is 5.32 Å².